The minimum atomic E-state index is -0.742. The molecule has 0 aliphatic carbocycles. The van der Waals surface area contributed by atoms with Crippen molar-refractivity contribution in [1.29, 1.82) is 0 Å². The molecule has 0 saturated heterocycles. The van der Waals surface area contributed by atoms with Crippen LogP contribution in [0.4, 0.5) is 11.5 Å². The van der Waals surface area contributed by atoms with Crippen molar-refractivity contribution in [3.63, 3.8) is 0 Å². The fourth-order valence-electron chi connectivity index (χ4n) is 3.29. The highest BCUT2D eigenvalue weighted by Crippen LogP contribution is 2.19. The van der Waals surface area contributed by atoms with E-state index in [9.17, 15) is 14.4 Å². The molecule has 1 aromatic heterocycles. The van der Waals surface area contributed by atoms with Crippen LogP contribution < -0.4 is 10.6 Å². The molecule has 0 bridgehead atoms. The number of amides is 2. The summed E-state index contributed by atoms with van der Waals surface area (Å²) in [5, 5.41) is 10.2. The van der Waals surface area contributed by atoms with Crippen molar-refractivity contribution in [2.75, 3.05) is 17.2 Å². The number of rotatable bonds is 8. The van der Waals surface area contributed by atoms with Crippen LogP contribution in [0.3, 0.4) is 0 Å². The monoisotopic (exact) mass is 488 g/mol. The third kappa shape index (κ3) is 6.13. The highest BCUT2D eigenvalue weighted by Gasteiger charge is 2.17. The molecule has 0 aliphatic heterocycles. The predicted octanol–water partition coefficient (Wildman–Crippen LogP) is 4.63. The summed E-state index contributed by atoms with van der Waals surface area (Å²) in [6.07, 6.45) is 1.55. The summed E-state index contributed by atoms with van der Waals surface area (Å²) in [5.41, 5.74) is 1.70. The van der Waals surface area contributed by atoms with Gasteiger partial charge in [-0.3, -0.25) is 9.59 Å². The maximum atomic E-state index is 12.7. The lowest BCUT2D eigenvalue weighted by Gasteiger charge is -2.12. The van der Waals surface area contributed by atoms with Crippen LogP contribution in [0, 0.1) is 0 Å². The third-order valence-electron chi connectivity index (χ3n) is 5.03. The van der Waals surface area contributed by atoms with Gasteiger partial charge in [-0.15, -0.1) is 0 Å². The Kier molecular flexibility index (Phi) is 7.54. The van der Waals surface area contributed by atoms with Gasteiger partial charge in [-0.05, 0) is 35.9 Å². The van der Waals surface area contributed by atoms with Crippen molar-refractivity contribution >= 4 is 40.9 Å². The lowest BCUT2D eigenvalue weighted by molar-refractivity contribution is -0.119. The van der Waals surface area contributed by atoms with E-state index in [-0.39, 0.29) is 17.2 Å². The maximum Gasteiger partial charge on any atom is 0.340 e. The van der Waals surface area contributed by atoms with Gasteiger partial charge in [0.05, 0.1) is 24.0 Å². The Morgan fingerprint density at radius 3 is 2.37 bits per heavy atom. The molecule has 4 rings (SSSR count). The van der Waals surface area contributed by atoms with Gasteiger partial charge >= 0.3 is 5.97 Å². The number of anilines is 2. The Bertz CT molecular complexity index is 1350. The zero-order valence-electron chi connectivity index (χ0n) is 18.5. The van der Waals surface area contributed by atoms with Crippen molar-refractivity contribution in [3.8, 4) is 0 Å². The van der Waals surface area contributed by atoms with Crippen molar-refractivity contribution in [1.82, 2.24) is 9.78 Å². The Morgan fingerprint density at radius 2 is 1.57 bits per heavy atom. The number of benzene rings is 3. The number of ether oxygens (including phenoxy) is 1. The largest absolute Gasteiger partial charge is 0.452 e. The summed E-state index contributed by atoms with van der Waals surface area (Å²) in [6.45, 7) is -0.159. The molecule has 3 aromatic carbocycles. The Balaban J connectivity index is 1.36. The minimum Gasteiger partial charge on any atom is -0.452 e. The summed E-state index contributed by atoms with van der Waals surface area (Å²) in [5.74, 6) is -1.21. The van der Waals surface area contributed by atoms with Crippen LogP contribution in [0.25, 0.3) is 0 Å². The average Bonchev–Trinajstić information content (AvgIpc) is 3.31. The first-order chi connectivity index (χ1) is 17.0. The molecule has 0 unspecified atom stereocenters. The lowest BCUT2D eigenvalue weighted by Crippen LogP contribution is -2.23. The van der Waals surface area contributed by atoms with Crippen LogP contribution in [0.5, 0.6) is 0 Å². The number of carbonyl (C=O) groups is 3. The molecule has 35 heavy (non-hydrogen) atoms. The van der Waals surface area contributed by atoms with Crippen LogP contribution in [-0.2, 0) is 16.1 Å². The van der Waals surface area contributed by atoms with E-state index in [1.807, 2.05) is 18.2 Å². The van der Waals surface area contributed by atoms with Gasteiger partial charge in [-0.25, -0.2) is 9.48 Å². The second-order valence-electron chi connectivity index (χ2n) is 7.46. The highest BCUT2D eigenvalue weighted by molar-refractivity contribution is 6.31. The van der Waals surface area contributed by atoms with Crippen molar-refractivity contribution in [2.45, 2.75) is 6.54 Å². The van der Waals surface area contributed by atoms with Gasteiger partial charge in [0, 0.05) is 16.7 Å². The van der Waals surface area contributed by atoms with E-state index in [0.717, 1.165) is 5.56 Å². The van der Waals surface area contributed by atoms with Gasteiger partial charge in [-0.2, -0.15) is 5.10 Å². The second-order valence-corrected chi connectivity index (χ2v) is 7.86. The van der Waals surface area contributed by atoms with Gasteiger partial charge in [0.15, 0.2) is 6.61 Å². The van der Waals surface area contributed by atoms with Gasteiger partial charge in [0.25, 0.3) is 11.8 Å². The second kappa shape index (κ2) is 11.1. The number of halogens is 1. The molecular weight excluding hydrogens is 468 g/mol. The molecule has 0 fully saturated rings. The fourth-order valence-corrected chi connectivity index (χ4v) is 3.49. The van der Waals surface area contributed by atoms with Crippen LogP contribution >= 0.6 is 11.6 Å². The van der Waals surface area contributed by atoms with Gasteiger partial charge in [-0.1, -0.05) is 60.1 Å². The highest BCUT2D eigenvalue weighted by atomic mass is 35.5. The van der Waals surface area contributed by atoms with E-state index < -0.39 is 18.5 Å². The molecule has 2 N–H and O–H groups in total. The van der Waals surface area contributed by atoms with E-state index >= 15 is 0 Å². The first-order valence-corrected chi connectivity index (χ1v) is 11.1. The SMILES string of the molecule is O=C(COC(=O)c1ccccc1NC(=O)c1ccccc1)Nc1ccnn1Cc1ccccc1Cl. The standard InChI is InChI=1S/C26H21ClN4O4/c27-21-12-6-4-10-19(21)16-31-23(14-15-28-31)30-24(32)17-35-26(34)20-11-5-7-13-22(20)29-25(33)18-8-2-1-3-9-18/h1-15H,16-17H2,(H,29,33)(H,30,32). The number of hydrogen-bond donors (Lipinski definition) is 2. The average molecular weight is 489 g/mol. The fraction of sp³-hybridized carbons (Fsp3) is 0.0769. The van der Waals surface area contributed by atoms with E-state index in [1.165, 1.54) is 6.07 Å². The van der Waals surface area contributed by atoms with Crippen LogP contribution in [0.1, 0.15) is 26.3 Å². The van der Waals surface area contributed by atoms with Crippen molar-refractivity contribution < 1.29 is 19.1 Å². The number of hydrogen-bond acceptors (Lipinski definition) is 5. The Hall–Kier alpha value is -4.43. The molecule has 9 heteroatoms. The first kappa shape index (κ1) is 23.7. The number of nitrogens with zero attached hydrogens (tertiary/aromatic N) is 2. The summed E-state index contributed by atoms with van der Waals surface area (Å²) >= 11 is 6.21. The van der Waals surface area contributed by atoms with Gasteiger partial charge < -0.3 is 15.4 Å². The first-order valence-electron chi connectivity index (χ1n) is 10.7. The zero-order valence-corrected chi connectivity index (χ0v) is 19.2. The smallest absolute Gasteiger partial charge is 0.340 e. The van der Waals surface area contributed by atoms with Gasteiger partial charge in [0.2, 0.25) is 0 Å². The molecule has 0 aliphatic rings. The molecule has 0 atom stereocenters. The molecule has 2 amide bonds. The molecule has 4 aromatic rings. The lowest BCUT2D eigenvalue weighted by atomic mass is 10.1. The quantitative estimate of drug-likeness (QED) is 0.352. The molecule has 0 radical (unpaired) electrons. The zero-order chi connectivity index (χ0) is 24.6. The normalized spacial score (nSPS) is 10.4. The van der Waals surface area contributed by atoms with Crippen molar-refractivity contribution in [2.24, 2.45) is 0 Å². The molecule has 8 nitrogen and oxygen atoms in total. The molecule has 0 spiro atoms. The number of para-hydroxylation sites is 1. The van der Waals surface area contributed by atoms with Crippen molar-refractivity contribution in [3.05, 3.63) is 113 Å². The Morgan fingerprint density at radius 1 is 0.857 bits per heavy atom. The number of aromatic nitrogens is 2. The van der Waals surface area contributed by atoms with E-state index in [0.29, 0.717) is 22.9 Å². The molecule has 176 valence electrons. The summed E-state index contributed by atoms with van der Waals surface area (Å²) in [7, 11) is 0. The van der Waals surface area contributed by atoms with Crippen LogP contribution in [0.2, 0.25) is 5.02 Å². The number of carbonyl (C=O) groups excluding carboxylic acids is 3. The van der Waals surface area contributed by atoms with Crippen LogP contribution in [-0.4, -0.2) is 34.2 Å². The Labute approximate surface area is 206 Å². The predicted molar refractivity (Wildman–Crippen MR) is 133 cm³/mol. The van der Waals surface area contributed by atoms with Crippen LogP contribution in [0.15, 0.2) is 91.1 Å². The van der Waals surface area contributed by atoms with E-state index in [2.05, 4.69) is 15.7 Å². The van der Waals surface area contributed by atoms with Gasteiger partial charge in [0.1, 0.15) is 5.82 Å². The number of nitrogens with one attached hydrogen (secondary N) is 2. The van der Waals surface area contributed by atoms with E-state index in [1.54, 1.807) is 71.5 Å². The minimum absolute atomic E-state index is 0.133. The maximum absolute atomic E-state index is 12.7. The number of esters is 1. The summed E-state index contributed by atoms with van der Waals surface area (Å²) in [4.78, 5) is 37.6. The topological polar surface area (TPSA) is 102 Å². The molecule has 1 heterocycles. The molecular formula is C26H21ClN4O4. The third-order valence-corrected chi connectivity index (χ3v) is 5.40. The molecule has 0 saturated carbocycles. The summed E-state index contributed by atoms with van der Waals surface area (Å²) < 4.78 is 6.77. The summed E-state index contributed by atoms with van der Waals surface area (Å²) in [6, 6.07) is 24.0. The van der Waals surface area contributed by atoms with E-state index in [4.69, 9.17) is 16.3 Å².